The molecule has 1 aromatic heterocycles. The number of nitrogens with one attached hydrogen (secondary N) is 2. The maximum Gasteiger partial charge on any atom is 0.0937 e. The summed E-state index contributed by atoms with van der Waals surface area (Å²) in [5, 5.41) is 15.0. The molecular formula is C16H23N3O. The second kappa shape index (κ2) is 5.95. The fraction of sp³-hybridized carbons (Fsp3) is 0.500. The molecule has 1 unspecified atom stereocenters. The van der Waals surface area contributed by atoms with E-state index in [9.17, 15) is 5.11 Å². The third-order valence-electron chi connectivity index (χ3n) is 4.21. The van der Waals surface area contributed by atoms with Crippen LogP contribution in [-0.2, 0) is 6.42 Å². The second-order valence-corrected chi connectivity index (χ2v) is 5.50. The number of aliphatic hydroxyl groups is 1. The molecule has 20 heavy (non-hydrogen) atoms. The summed E-state index contributed by atoms with van der Waals surface area (Å²) < 4.78 is 0. The number of aromatic amines is 1. The fourth-order valence-electron chi connectivity index (χ4n) is 3.05. The molecule has 1 aliphatic rings. The quantitative estimate of drug-likeness (QED) is 0.794. The number of para-hydroxylation sites is 1. The zero-order valence-corrected chi connectivity index (χ0v) is 12.0. The van der Waals surface area contributed by atoms with Gasteiger partial charge in [0.05, 0.1) is 6.10 Å². The molecule has 4 nitrogen and oxygen atoms in total. The minimum atomic E-state index is -0.422. The zero-order valence-electron chi connectivity index (χ0n) is 12.0. The Morgan fingerprint density at radius 2 is 2.10 bits per heavy atom. The summed E-state index contributed by atoms with van der Waals surface area (Å²) in [6.45, 7) is 6.93. The molecule has 1 aliphatic heterocycles. The van der Waals surface area contributed by atoms with Crippen molar-refractivity contribution in [3.8, 4) is 0 Å². The van der Waals surface area contributed by atoms with Gasteiger partial charge in [-0.15, -0.1) is 0 Å². The van der Waals surface area contributed by atoms with E-state index in [1.54, 1.807) is 0 Å². The van der Waals surface area contributed by atoms with Crippen LogP contribution in [0.2, 0.25) is 0 Å². The van der Waals surface area contributed by atoms with Crippen LogP contribution in [0, 0.1) is 0 Å². The number of hydrogen-bond acceptors (Lipinski definition) is 3. The molecule has 1 aromatic carbocycles. The third kappa shape index (κ3) is 2.59. The van der Waals surface area contributed by atoms with Gasteiger partial charge in [0.2, 0.25) is 0 Å². The van der Waals surface area contributed by atoms with E-state index in [1.807, 2.05) is 6.20 Å². The highest BCUT2D eigenvalue weighted by Crippen LogP contribution is 2.27. The third-order valence-corrected chi connectivity index (χ3v) is 4.21. The number of aromatic nitrogens is 1. The highest BCUT2D eigenvalue weighted by molar-refractivity contribution is 5.86. The average molecular weight is 273 g/mol. The van der Waals surface area contributed by atoms with Crippen LogP contribution >= 0.6 is 0 Å². The molecule has 0 aliphatic carbocycles. The Hall–Kier alpha value is -1.36. The summed E-state index contributed by atoms with van der Waals surface area (Å²) in [7, 11) is 0. The number of nitrogens with zero attached hydrogens (tertiary/aromatic N) is 1. The van der Waals surface area contributed by atoms with Gasteiger partial charge in [-0.05, 0) is 12.0 Å². The molecular weight excluding hydrogens is 250 g/mol. The van der Waals surface area contributed by atoms with Gasteiger partial charge in [-0.3, -0.25) is 4.90 Å². The first-order chi connectivity index (χ1) is 9.79. The minimum absolute atomic E-state index is 0.422. The lowest BCUT2D eigenvalue weighted by molar-refractivity contribution is 0.106. The summed E-state index contributed by atoms with van der Waals surface area (Å²) in [6, 6.07) is 6.32. The molecule has 108 valence electrons. The molecule has 3 rings (SSSR count). The Balaban J connectivity index is 1.82. The maximum absolute atomic E-state index is 10.5. The van der Waals surface area contributed by atoms with Crippen molar-refractivity contribution in [2.45, 2.75) is 19.4 Å². The lowest BCUT2D eigenvalue weighted by atomic mass is 10.0. The van der Waals surface area contributed by atoms with Gasteiger partial charge in [0, 0.05) is 55.4 Å². The Morgan fingerprint density at radius 3 is 2.85 bits per heavy atom. The zero-order chi connectivity index (χ0) is 13.9. The number of β-amino-alcohol motifs (C(OH)–C–C–N with tert-alkyl or cyclic N) is 1. The molecule has 0 bridgehead atoms. The number of benzene rings is 1. The predicted octanol–water partition coefficient (Wildman–Crippen LogP) is 1.67. The van der Waals surface area contributed by atoms with E-state index in [1.165, 1.54) is 11.1 Å². The molecule has 1 saturated heterocycles. The Bertz CT molecular complexity index is 572. The van der Waals surface area contributed by atoms with Crippen LogP contribution in [0.25, 0.3) is 10.9 Å². The Kier molecular flexibility index (Phi) is 4.05. The largest absolute Gasteiger partial charge is 0.387 e. The molecule has 2 heterocycles. The molecule has 2 aromatic rings. The molecule has 0 amide bonds. The second-order valence-electron chi connectivity index (χ2n) is 5.50. The molecule has 1 atom stereocenters. The topological polar surface area (TPSA) is 51.3 Å². The van der Waals surface area contributed by atoms with Gasteiger partial charge in [-0.2, -0.15) is 0 Å². The lowest BCUT2D eigenvalue weighted by Crippen LogP contribution is -2.44. The van der Waals surface area contributed by atoms with Crippen molar-refractivity contribution in [2.75, 3.05) is 32.7 Å². The Morgan fingerprint density at radius 1 is 1.30 bits per heavy atom. The smallest absolute Gasteiger partial charge is 0.0937 e. The number of rotatable bonds is 4. The molecule has 0 radical (unpaired) electrons. The van der Waals surface area contributed by atoms with Crippen LogP contribution < -0.4 is 5.32 Å². The van der Waals surface area contributed by atoms with Crippen molar-refractivity contribution >= 4 is 10.9 Å². The first-order valence-corrected chi connectivity index (χ1v) is 7.49. The van der Waals surface area contributed by atoms with Crippen LogP contribution in [0.15, 0.2) is 24.4 Å². The molecule has 0 spiro atoms. The molecule has 4 heteroatoms. The maximum atomic E-state index is 10.5. The number of aryl methyl sites for hydroxylation is 1. The minimum Gasteiger partial charge on any atom is -0.387 e. The summed E-state index contributed by atoms with van der Waals surface area (Å²) in [5.41, 5.74) is 3.50. The van der Waals surface area contributed by atoms with Gasteiger partial charge in [0.15, 0.2) is 0 Å². The van der Waals surface area contributed by atoms with E-state index >= 15 is 0 Å². The van der Waals surface area contributed by atoms with E-state index in [2.05, 4.69) is 40.3 Å². The van der Waals surface area contributed by atoms with Crippen molar-refractivity contribution in [2.24, 2.45) is 0 Å². The van der Waals surface area contributed by atoms with Gasteiger partial charge in [-0.25, -0.2) is 0 Å². The predicted molar refractivity (Wildman–Crippen MR) is 81.9 cm³/mol. The SMILES string of the molecule is CCc1cccc2c(C(O)CN3CCNCC3)c[nH]c12. The van der Waals surface area contributed by atoms with Crippen LogP contribution in [-0.4, -0.2) is 47.7 Å². The van der Waals surface area contributed by atoms with E-state index in [0.717, 1.165) is 43.5 Å². The first kappa shape index (κ1) is 13.6. The number of hydrogen-bond donors (Lipinski definition) is 3. The summed E-state index contributed by atoms with van der Waals surface area (Å²) in [6.07, 6.45) is 2.55. The van der Waals surface area contributed by atoms with Gasteiger partial charge in [0.1, 0.15) is 0 Å². The van der Waals surface area contributed by atoms with Crippen LogP contribution in [0.5, 0.6) is 0 Å². The highest BCUT2D eigenvalue weighted by atomic mass is 16.3. The molecule has 1 fully saturated rings. The van der Waals surface area contributed by atoms with E-state index in [4.69, 9.17) is 0 Å². The number of piperazine rings is 1. The monoisotopic (exact) mass is 273 g/mol. The summed E-state index contributed by atoms with van der Waals surface area (Å²) >= 11 is 0. The van der Waals surface area contributed by atoms with Crippen molar-refractivity contribution in [1.82, 2.24) is 15.2 Å². The fourth-order valence-corrected chi connectivity index (χ4v) is 3.05. The summed E-state index contributed by atoms with van der Waals surface area (Å²) in [5.74, 6) is 0. The van der Waals surface area contributed by atoms with Crippen LogP contribution in [0.1, 0.15) is 24.2 Å². The van der Waals surface area contributed by atoms with Crippen LogP contribution in [0.3, 0.4) is 0 Å². The van der Waals surface area contributed by atoms with Crippen molar-refractivity contribution in [3.05, 3.63) is 35.5 Å². The number of aliphatic hydroxyl groups excluding tert-OH is 1. The van der Waals surface area contributed by atoms with E-state index in [0.29, 0.717) is 6.54 Å². The van der Waals surface area contributed by atoms with Crippen molar-refractivity contribution < 1.29 is 5.11 Å². The van der Waals surface area contributed by atoms with E-state index in [-0.39, 0.29) is 0 Å². The van der Waals surface area contributed by atoms with Crippen LogP contribution in [0.4, 0.5) is 0 Å². The van der Waals surface area contributed by atoms with Gasteiger partial charge < -0.3 is 15.4 Å². The van der Waals surface area contributed by atoms with Gasteiger partial charge in [-0.1, -0.05) is 25.1 Å². The standard InChI is InChI=1S/C16H23N3O/c1-2-12-4-3-5-13-14(10-18-16(12)13)15(20)11-19-8-6-17-7-9-19/h3-5,10,15,17-18,20H,2,6-9,11H2,1H3. The van der Waals surface area contributed by atoms with E-state index < -0.39 is 6.10 Å². The molecule has 0 saturated carbocycles. The lowest BCUT2D eigenvalue weighted by Gasteiger charge is -2.29. The Labute approximate surface area is 119 Å². The van der Waals surface area contributed by atoms with Crippen molar-refractivity contribution in [3.63, 3.8) is 0 Å². The summed E-state index contributed by atoms with van der Waals surface area (Å²) in [4.78, 5) is 5.66. The normalized spacial score (nSPS) is 18.5. The average Bonchev–Trinajstić information content (AvgIpc) is 2.92. The van der Waals surface area contributed by atoms with Gasteiger partial charge in [0.25, 0.3) is 0 Å². The number of fused-ring (bicyclic) bond motifs is 1. The number of H-pyrrole nitrogens is 1. The highest BCUT2D eigenvalue weighted by Gasteiger charge is 2.18. The first-order valence-electron chi connectivity index (χ1n) is 7.49. The van der Waals surface area contributed by atoms with Crippen molar-refractivity contribution in [1.29, 1.82) is 0 Å². The van der Waals surface area contributed by atoms with Gasteiger partial charge >= 0.3 is 0 Å². The molecule has 3 N–H and O–H groups in total.